The molecule has 1 fully saturated rings. The van der Waals surface area contributed by atoms with E-state index >= 15 is 0 Å². The summed E-state index contributed by atoms with van der Waals surface area (Å²) in [5.74, 6) is 0.341. The van der Waals surface area contributed by atoms with Gasteiger partial charge in [-0.2, -0.15) is 0 Å². The SMILES string of the molecule is CN1[C@@H](c2ccccc2)CC(=O)C(C)(C)[C@H]1c1ccccc1. The minimum Gasteiger partial charge on any atom is -0.299 e. The van der Waals surface area contributed by atoms with Crippen LogP contribution < -0.4 is 0 Å². The maximum atomic E-state index is 12.8. The zero-order chi connectivity index (χ0) is 15.7. The standard InChI is InChI=1S/C20H23NO/c1-20(2)18(22)14-17(15-10-6-4-7-11-15)21(3)19(20)16-12-8-5-9-13-16/h4-13,17,19H,14H2,1-3H3/t17-,19-/m1/s1. The van der Waals surface area contributed by atoms with E-state index in [1.165, 1.54) is 11.1 Å². The normalized spacial score (nSPS) is 25.1. The molecule has 1 heterocycles. The second kappa shape index (κ2) is 5.69. The molecule has 0 saturated carbocycles. The van der Waals surface area contributed by atoms with Crippen molar-refractivity contribution < 1.29 is 4.79 Å². The van der Waals surface area contributed by atoms with Crippen molar-refractivity contribution in [3.8, 4) is 0 Å². The number of carbonyl (C=O) groups is 1. The highest BCUT2D eigenvalue weighted by atomic mass is 16.1. The third kappa shape index (κ3) is 2.48. The van der Waals surface area contributed by atoms with Crippen LogP contribution in [0.5, 0.6) is 0 Å². The summed E-state index contributed by atoms with van der Waals surface area (Å²) < 4.78 is 0. The highest BCUT2D eigenvalue weighted by molar-refractivity contribution is 5.86. The summed E-state index contributed by atoms with van der Waals surface area (Å²) in [6.45, 7) is 4.15. The maximum Gasteiger partial charge on any atom is 0.142 e. The van der Waals surface area contributed by atoms with E-state index in [1.807, 2.05) is 24.3 Å². The Hall–Kier alpha value is -1.93. The molecule has 0 unspecified atom stereocenters. The van der Waals surface area contributed by atoms with Gasteiger partial charge in [-0.05, 0) is 18.2 Å². The van der Waals surface area contributed by atoms with Crippen LogP contribution in [0.2, 0.25) is 0 Å². The van der Waals surface area contributed by atoms with E-state index < -0.39 is 0 Å². The molecule has 0 aliphatic carbocycles. The molecule has 2 aromatic rings. The predicted octanol–water partition coefficient (Wildman–Crippen LogP) is 4.40. The fourth-order valence-corrected chi connectivity index (χ4v) is 3.74. The highest BCUT2D eigenvalue weighted by Crippen LogP contribution is 2.48. The number of nitrogens with zero attached hydrogens (tertiary/aromatic N) is 1. The van der Waals surface area contributed by atoms with Crippen molar-refractivity contribution in [2.24, 2.45) is 5.41 Å². The van der Waals surface area contributed by atoms with Gasteiger partial charge in [0.05, 0.1) is 0 Å². The average molecular weight is 293 g/mol. The third-order valence-electron chi connectivity index (χ3n) is 4.98. The lowest BCUT2D eigenvalue weighted by Crippen LogP contribution is -2.48. The molecule has 1 aliphatic rings. The molecule has 2 nitrogen and oxygen atoms in total. The number of carbonyl (C=O) groups excluding carboxylic acids is 1. The van der Waals surface area contributed by atoms with E-state index in [0.717, 1.165) is 0 Å². The first-order valence-corrected chi connectivity index (χ1v) is 7.87. The first kappa shape index (κ1) is 15.0. The summed E-state index contributed by atoms with van der Waals surface area (Å²) in [7, 11) is 2.14. The lowest BCUT2D eigenvalue weighted by atomic mass is 9.70. The monoisotopic (exact) mass is 293 g/mol. The van der Waals surface area contributed by atoms with Gasteiger partial charge in [-0.25, -0.2) is 0 Å². The lowest BCUT2D eigenvalue weighted by Gasteiger charge is -2.48. The number of piperidine rings is 1. The molecule has 22 heavy (non-hydrogen) atoms. The van der Waals surface area contributed by atoms with E-state index in [-0.39, 0.29) is 17.5 Å². The van der Waals surface area contributed by atoms with E-state index in [1.54, 1.807) is 0 Å². The fourth-order valence-electron chi connectivity index (χ4n) is 3.74. The molecule has 0 amide bonds. The zero-order valence-electron chi connectivity index (χ0n) is 13.5. The molecule has 2 atom stereocenters. The van der Waals surface area contributed by atoms with Gasteiger partial charge in [0.25, 0.3) is 0 Å². The molecule has 0 spiro atoms. The van der Waals surface area contributed by atoms with Gasteiger partial charge in [-0.1, -0.05) is 74.5 Å². The van der Waals surface area contributed by atoms with Crippen molar-refractivity contribution in [2.75, 3.05) is 7.05 Å². The molecule has 3 rings (SSSR count). The Labute approximate surface area is 132 Å². The molecule has 1 aliphatic heterocycles. The molecule has 2 aromatic carbocycles. The first-order chi connectivity index (χ1) is 10.5. The zero-order valence-corrected chi connectivity index (χ0v) is 13.5. The van der Waals surface area contributed by atoms with Crippen molar-refractivity contribution in [3.05, 3.63) is 71.8 Å². The Morgan fingerprint density at radius 2 is 1.41 bits per heavy atom. The fraction of sp³-hybridized carbons (Fsp3) is 0.350. The van der Waals surface area contributed by atoms with Crippen LogP contribution in [0.25, 0.3) is 0 Å². The van der Waals surface area contributed by atoms with Crippen molar-refractivity contribution in [3.63, 3.8) is 0 Å². The van der Waals surface area contributed by atoms with Crippen LogP contribution in [0, 0.1) is 5.41 Å². The van der Waals surface area contributed by atoms with Gasteiger partial charge in [-0.3, -0.25) is 9.69 Å². The summed E-state index contributed by atoms with van der Waals surface area (Å²) in [4.78, 5) is 15.2. The molecule has 0 N–H and O–H groups in total. The van der Waals surface area contributed by atoms with E-state index in [2.05, 4.69) is 62.2 Å². The van der Waals surface area contributed by atoms with E-state index in [4.69, 9.17) is 0 Å². The molecular weight excluding hydrogens is 270 g/mol. The average Bonchev–Trinajstić information content (AvgIpc) is 2.53. The number of hydrogen-bond donors (Lipinski definition) is 0. The summed E-state index contributed by atoms with van der Waals surface area (Å²) in [6.07, 6.45) is 0.580. The minimum absolute atomic E-state index is 0.0974. The molecule has 0 aromatic heterocycles. The van der Waals surface area contributed by atoms with Gasteiger partial charge in [0.2, 0.25) is 0 Å². The summed E-state index contributed by atoms with van der Waals surface area (Å²) in [6, 6.07) is 21.0. The van der Waals surface area contributed by atoms with Crippen LogP contribution in [0.4, 0.5) is 0 Å². The number of Topliss-reactive ketones (excluding diaryl/α,β-unsaturated/α-hetero) is 1. The number of ketones is 1. The van der Waals surface area contributed by atoms with Gasteiger partial charge < -0.3 is 0 Å². The lowest BCUT2D eigenvalue weighted by molar-refractivity contribution is -0.139. The number of benzene rings is 2. The smallest absolute Gasteiger partial charge is 0.142 e. The van der Waals surface area contributed by atoms with Crippen LogP contribution in [-0.2, 0) is 4.79 Å². The van der Waals surface area contributed by atoms with Crippen LogP contribution in [0.1, 0.15) is 43.5 Å². The van der Waals surface area contributed by atoms with Crippen LogP contribution >= 0.6 is 0 Å². The quantitative estimate of drug-likeness (QED) is 0.818. The Kier molecular flexibility index (Phi) is 3.88. The van der Waals surface area contributed by atoms with Gasteiger partial charge in [0, 0.05) is 23.9 Å². The predicted molar refractivity (Wildman–Crippen MR) is 89.5 cm³/mol. The maximum absolute atomic E-state index is 12.8. The molecular formula is C20H23NO. The summed E-state index contributed by atoms with van der Waals surface area (Å²) >= 11 is 0. The Morgan fingerprint density at radius 3 is 1.95 bits per heavy atom. The molecule has 2 heteroatoms. The number of hydrogen-bond acceptors (Lipinski definition) is 2. The number of rotatable bonds is 2. The molecule has 114 valence electrons. The summed E-state index contributed by atoms with van der Waals surface area (Å²) in [5.41, 5.74) is 2.06. The summed E-state index contributed by atoms with van der Waals surface area (Å²) in [5, 5.41) is 0. The highest BCUT2D eigenvalue weighted by Gasteiger charge is 2.47. The Balaban J connectivity index is 2.04. The van der Waals surface area contributed by atoms with Crippen LogP contribution in [0.3, 0.4) is 0 Å². The second-order valence-corrected chi connectivity index (χ2v) is 6.75. The van der Waals surface area contributed by atoms with E-state index in [0.29, 0.717) is 12.2 Å². The number of likely N-dealkylation sites (tertiary alicyclic amines) is 1. The topological polar surface area (TPSA) is 20.3 Å². The van der Waals surface area contributed by atoms with E-state index in [9.17, 15) is 4.79 Å². The minimum atomic E-state index is -0.374. The molecule has 0 bridgehead atoms. The van der Waals surface area contributed by atoms with Crippen molar-refractivity contribution in [1.29, 1.82) is 0 Å². The van der Waals surface area contributed by atoms with Crippen molar-refractivity contribution in [1.82, 2.24) is 4.90 Å². The largest absolute Gasteiger partial charge is 0.299 e. The van der Waals surface area contributed by atoms with Gasteiger partial charge in [0.15, 0.2) is 0 Å². The third-order valence-corrected chi connectivity index (χ3v) is 4.98. The Bertz CT molecular complexity index is 648. The molecule has 1 saturated heterocycles. The van der Waals surface area contributed by atoms with Crippen molar-refractivity contribution >= 4 is 5.78 Å². The van der Waals surface area contributed by atoms with Crippen LogP contribution in [0.15, 0.2) is 60.7 Å². The van der Waals surface area contributed by atoms with Gasteiger partial charge in [0.1, 0.15) is 5.78 Å². The van der Waals surface area contributed by atoms with Gasteiger partial charge in [-0.15, -0.1) is 0 Å². The first-order valence-electron chi connectivity index (χ1n) is 7.87. The van der Waals surface area contributed by atoms with Gasteiger partial charge >= 0.3 is 0 Å². The Morgan fingerprint density at radius 1 is 0.909 bits per heavy atom. The molecule has 0 radical (unpaired) electrons. The van der Waals surface area contributed by atoms with Crippen molar-refractivity contribution in [2.45, 2.75) is 32.4 Å². The second-order valence-electron chi connectivity index (χ2n) is 6.75. The van der Waals surface area contributed by atoms with Crippen LogP contribution in [-0.4, -0.2) is 17.7 Å².